The molecule has 0 radical (unpaired) electrons. The van der Waals surface area contributed by atoms with Crippen molar-refractivity contribution in [2.75, 3.05) is 10.6 Å². The Morgan fingerprint density at radius 1 is 1.08 bits per heavy atom. The molecule has 2 N–H and O–H groups in total. The number of alkyl halides is 3. The Hall–Kier alpha value is -4.28. The van der Waals surface area contributed by atoms with Crippen molar-refractivity contribution in [2.45, 2.75) is 38.5 Å². The summed E-state index contributed by atoms with van der Waals surface area (Å²) in [4.78, 5) is 26.2. The highest BCUT2D eigenvalue weighted by Gasteiger charge is 2.46. The van der Waals surface area contributed by atoms with E-state index in [1.165, 1.54) is 10.7 Å². The molecule has 4 aromatic rings. The Labute approximate surface area is 210 Å². The summed E-state index contributed by atoms with van der Waals surface area (Å²) < 4.78 is 45.8. The van der Waals surface area contributed by atoms with Crippen molar-refractivity contribution < 1.29 is 18.0 Å². The number of carbonyl (C=O) groups excluding carboxylic acids is 1. The van der Waals surface area contributed by atoms with Crippen LogP contribution in [0.5, 0.6) is 0 Å². The third-order valence-corrected chi connectivity index (χ3v) is 6.69. The van der Waals surface area contributed by atoms with Gasteiger partial charge < -0.3 is 10.6 Å². The van der Waals surface area contributed by atoms with Crippen LogP contribution >= 0.6 is 0 Å². The van der Waals surface area contributed by atoms with Crippen LogP contribution in [0.15, 0.2) is 65.5 Å². The number of nitrogens with zero attached hydrogens (tertiary/aromatic N) is 4. The molecule has 0 spiro atoms. The maximum atomic E-state index is 14.0. The predicted octanol–water partition coefficient (Wildman–Crippen LogP) is 4.90. The number of carbonyl (C=O) groups is 1. The summed E-state index contributed by atoms with van der Waals surface area (Å²) in [6.45, 7) is 3.57. The molecule has 1 aliphatic rings. The highest BCUT2D eigenvalue weighted by molar-refractivity contribution is 6.03. The lowest BCUT2D eigenvalue weighted by Crippen LogP contribution is -2.35. The molecule has 192 valence electrons. The molecule has 2 aromatic carbocycles. The Morgan fingerprint density at radius 2 is 1.76 bits per heavy atom. The van der Waals surface area contributed by atoms with Crippen LogP contribution in [0.2, 0.25) is 0 Å². The normalized spacial score (nSPS) is 17.2. The molecule has 8 nitrogen and oxygen atoms in total. The van der Waals surface area contributed by atoms with E-state index >= 15 is 0 Å². The Bertz CT molecular complexity index is 1520. The van der Waals surface area contributed by atoms with Gasteiger partial charge in [-0.1, -0.05) is 48.0 Å². The highest BCUT2D eigenvalue weighted by Crippen LogP contribution is 2.43. The summed E-state index contributed by atoms with van der Waals surface area (Å²) in [6.07, 6.45) is -4.85. The van der Waals surface area contributed by atoms with Crippen LogP contribution in [0.25, 0.3) is 5.69 Å². The molecule has 1 aliphatic heterocycles. The average Bonchev–Trinajstić information content (AvgIpc) is 3.38. The summed E-state index contributed by atoms with van der Waals surface area (Å²) in [5.74, 6) is -0.696. The number of nitrogens with one attached hydrogen (secondary N) is 2. The zero-order chi connectivity index (χ0) is 26.5. The lowest BCUT2D eigenvalue weighted by Gasteiger charge is -2.33. The number of aryl methyl sites for hydroxylation is 1. The topological polar surface area (TPSA) is 85.9 Å². The van der Waals surface area contributed by atoms with Crippen molar-refractivity contribution >= 4 is 17.4 Å². The van der Waals surface area contributed by atoms with Crippen LogP contribution in [0.3, 0.4) is 0 Å². The first-order valence-corrected chi connectivity index (χ1v) is 11.7. The smallest absolute Gasteiger partial charge is 0.363 e. The number of para-hydroxylation sites is 1. The molecule has 37 heavy (non-hydrogen) atoms. The molecule has 0 fully saturated rings. The second-order valence-corrected chi connectivity index (χ2v) is 9.15. The first-order valence-electron chi connectivity index (χ1n) is 11.7. The number of rotatable bonds is 4. The van der Waals surface area contributed by atoms with Gasteiger partial charge in [0.15, 0.2) is 11.7 Å². The molecule has 0 unspecified atom stereocenters. The van der Waals surface area contributed by atoms with E-state index < -0.39 is 29.7 Å². The molecule has 11 heteroatoms. The van der Waals surface area contributed by atoms with E-state index in [-0.39, 0.29) is 23.6 Å². The van der Waals surface area contributed by atoms with Crippen LogP contribution in [0.1, 0.15) is 45.8 Å². The van der Waals surface area contributed by atoms with Gasteiger partial charge in [0, 0.05) is 19.5 Å². The van der Waals surface area contributed by atoms with Crippen LogP contribution in [0.4, 0.5) is 24.7 Å². The van der Waals surface area contributed by atoms with Crippen molar-refractivity contribution in [3.05, 3.63) is 93.5 Å². The van der Waals surface area contributed by atoms with Crippen LogP contribution < -0.4 is 16.2 Å². The molecule has 2 aromatic heterocycles. The molecule has 5 rings (SSSR count). The van der Waals surface area contributed by atoms with Gasteiger partial charge in [0.25, 0.3) is 11.5 Å². The minimum atomic E-state index is -4.57. The summed E-state index contributed by atoms with van der Waals surface area (Å²) in [7, 11) is 1.68. The lowest BCUT2D eigenvalue weighted by molar-refractivity contribution is -0.173. The van der Waals surface area contributed by atoms with Crippen molar-refractivity contribution in [3.63, 3.8) is 0 Å². The van der Waals surface area contributed by atoms with Gasteiger partial charge in [0.2, 0.25) is 0 Å². The Morgan fingerprint density at radius 3 is 2.41 bits per heavy atom. The molecule has 0 bridgehead atoms. The van der Waals surface area contributed by atoms with Gasteiger partial charge >= 0.3 is 6.18 Å². The number of benzene rings is 2. The van der Waals surface area contributed by atoms with E-state index in [4.69, 9.17) is 0 Å². The number of aromatic nitrogens is 4. The van der Waals surface area contributed by atoms with Gasteiger partial charge in [-0.3, -0.25) is 14.3 Å². The van der Waals surface area contributed by atoms with Crippen molar-refractivity contribution in [2.24, 2.45) is 7.05 Å². The Balaban J connectivity index is 1.47. The van der Waals surface area contributed by atoms with Crippen LogP contribution in [-0.4, -0.2) is 31.2 Å². The number of halogens is 3. The lowest BCUT2D eigenvalue weighted by atomic mass is 9.96. The summed E-state index contributed by atoms with van der Waals surface area (Å²) in [5.41, 5.74) is 2.13. The van der Waals surface area contributed by atoms with Gasteiger partial charge in [-0.15, -0.1) is 0 Å². The highest BCUT2D eigenvalue weighted by atomic mass is 19.4. The SMILES string of the molecule is Cc1ccc([C@@H]2C[C@H](C(F)(F)F)n3nc(C(=O)Nc4c(C)n(C)n(-c5ccccc5)c4=O)cc3N2)cc1. The molecule has 0 saturated carbocycles. The largest absolute Gasteiger partial charge is 0.410 e. The molecule has 2 atom stereocenters. The average molecular weight is 511 g/mol. The Kier molecular flexibility index (Phi) is 5.93. The van der Waals surface area contributed by atoms with E-state index in [9.17, 15) is 22.8 Å². The quantitative estimate of drug-likeness (QED) is 0.409. The number of amides is 1. The van der Waals surface area contributed by atoms with Gasteiger partial charge in [-0.25, -0.2) is 9.36 Å². The number of hydrogen-bond acceptors (Lipinski definition) is 4. The van der Waals surface area contributed by atoms with Crippen LogP contribution in [0, 0.1) is 13.8 Å². The minimum Gasteiger partial charge on any atom is -0.363 e. The second-order valence-electron chi connectivity index (χ2n) is 9.15. The maximum Gasteiger partial charge on any atom is 0.410 e. The van der Waals surface area contributed by atoms with Gasteiger partial charge in [-0.2, -0.15) is 18.3 Å². The first kappa shape index (κ1) is 24.4. The third-order valence-electron chi connectivity index (χ3n) is 6.69. The fraction of sp³-hybridized carbons (Fsp3) is 0.269. The van der Waals surface area contributed by atoms with Crippen LogP contribution in [-0.2, 0) is 7.05 Å². The van der Waals surface area contributed by atoms with Crippen molar-refractivity contribution in [1.82, 2.24) is 19.1 Å². The van der Waals surface area contributed by atoms with E-state index in [2.05, 4.69) is 15.7 Å². The third kappa shape index (κ3) is 4.41. The first-order chi connectivity index (χ1) is 17.5. The standard InChI is InChI=1S/C26H25F3N6O2/c1-15-9-11-17(12-10-15)19-13-21(26(27,28)29)34-22(30-19)14-20(32-34)24(36)31-23-16(2)33(3)35(25(23)37)18-7-5-4-6-8-18/h4-12,14,19,21,30H,13H2,1-3H3,(H,31,36)/t19-,21+/m0/s1. The maximum absolute atomic E-state index is 14.0. The molecule has 3 heterocycles. The number of fused-ring (bicyclic) bond motifs is 1. The molecule has 0 aliphatic carbocycles. The number of hydrogen-bond donors (Lipinski definition) is 2. The van der Waals surface area contributed by atoms with E-state index in [1.54, 1.807) is 55.1 Å². The molecular formula is C26H25F3N6O2. The van der Waals surface area contributed by atoms with E-state index in [0.717, 1.165) is 10.2 Å². The summed E-state index contributed by atoms with van der Waals surface area (Å²) in [6, 6.07) is 14.9. The van der Waals surface area contributed by atoms with Gasteiger partial charge in [0.05, 0.1) is 17.4 Å². The summed E-state index contributed by atoms with van der Waals surface area (Å²) in [5, 5.41) is 9.63. The van der Waals surface area contributed by atoms with E-state index in [0.29, 0.717) is 16.9 Å². The zero-order valence-electron chi connectivity index (χ0n) is 20.4. The summed E-state index contributed by atoms with van der Waals surface area (Å²) >= 11 is 0. The van der Waals surface area contributed by atoms with Gasteiger partial charge in [0.1, 0.15) is 11.5 Å². The monoisotopic (exact) mass is 510 g/mol. The van der Waals surface area contributed by atoms with Gasteiger partial charge in [-0.05, 0) is 31.5 Å². The minimum absolute atomic E-state index is 0.0280. The fourth-order valence-corrected chi connectivity index (χ4v) is 4.59. The zero-order valence-corrected chi connectivity index (χ0v) is 20.4. The predicted molar refractivity (Wildman–Crippen MR) is 133 cm³/mol. The molecular weight excluding hydrogens is 485 g/mol. The van der Waals surface area contributed by atoms with E-state index in [1.807, 2.05) is 25.1 Å². The molecule has 1 amide bonds. The van der Waals surface area contributed by atoms with Crippen molar-refractivity contribution in [3.8, 4) is 5.69 Å². The number of anilines is 2. The van der Waals surface area contributed by atoms with Crippen molar-refractivity contribution in [1.29, 1.82) is 0 Å². The fourth-order valence-electron chi connectivity index (χ4n) is 4.59. The molecule has 0 saturated heterocycles. The second kappa shape index (κ2) is 8.99.